The number of rotatable bonds is 27. The molecule has 0 N–H and O–H groups in total. The summed E-state index contributed by atoms with van der Waals surface area (Å²) in [5, 5.41) is 0. The highest BCUT2D eigenvalue weighted by Crippen LogP contribution is 2.21. The maximum Gasteiger partial charge on any atom is 0.308 e. The number of carbonyl (C=O) groups is 1. The molecule has 0 bridgehead atoms. The van der Waals surface area contributed by atoms with Crippen LogP contribution in [0.25, 0.3) is 0 Å². The first-order valence-electron chi connectivity index (χ1n) is 16.8. The summed E-state index contributed by atoms with van der Waals surface area (Å²) >= 11 is 0. The summed E-state index contributed by atoms with van der Waals surface area (Å²) in [6.45, 7) is 12.5. The summed E-state index contributed by atoms with van der Waals surface area (Å²) in [5.41, 5.74) is 0. The molecule has 1 heterocycles. The summed E-state index contributed by atoms with van der Waals surface area (Å²) in [6, 6.07) is 0. The van der Waals surface area contributed by atoms with Crippen molar-refractivity contribution in [3.05, 3.63) is 0 Å². The number of hydrogen-bond acceptors (Lipinski definition) is 5. The van der Waals surface area contributed by atoms with Gasteiger partial charge in [-0.25, -0.2) is 0 Å². The maximum absolute atomic E-state index is 12.8. The molecule has 0 amide bonds. The Balaban J connectivity index is 2.08. The van der Waals surface area contributed by atoms with Gasteiger partial charge in [-0.15, -0.1) is 0 Å². The summed E-state index contributed by atoms with van der Waals surface area (Å²) < 4.78 is 17.2. The first-order chi connectivity index (χ1) is 18.7. The minimum atomic E-state index is 0.0438. The molecule has 1 rings (SSSR count). The molecule has 0 aliphatic carbocycles. The minimum Gasteiger partial charge on any atom is -0.465 e. The van der Waals surface area contributed by atoms with Crippen LogP contribution in [0.1, 0.15) is 156 Å². The normalized spacial score (nSPS) is 16.7. The van der Waals surface area contributed by atoms with Crippen molar-refractivity contribution in [2.24, 2.45) is 5.92 Å². The van der Waals surface area contributed by atoms with Crippen molar-refractivity contribution in [3.8, 4) is 0 Å². The number of hydrogen-bond donors (Lipinski definition) is 0. The fraction of sp³-hybridized carbons (Fsp3) is 0.970. The van der Waals surface area contributed by atoms with E-state index in [4.69, 9.17) is 14.2 Å². The Morgan fingerprint density at radius 1 is 0.737 bits per heavy atom. The SMILES string of the molecule is CCCCCCCCC(CCCCCC)C(=O)OCCCCCCN(CC)CCCCOC1CCCCO1. The lowest BCUT2D eigenvalue weighted by Gasteiger charge is -2.23. The number of esters is 1. The number of nitrogens with zero attached hydrogens (tertiary/aromatic N) is 1. The molecule has 226 valence electrons. The molecule has 5 nitrogen and oxygen atoms in total. The van der Waals surface area contributed by atoms with Crippen LogP contribution in [-0.4, -0.2) is 56.6 Å². The van der Waals surface area contributed by atoms with Crippen molar-refractivity contribution in [1.82, 2.24) is 4.90 Å². The van der Waals surface area contributed by atoms with Gasteiger partial charge in [0.15, 0.2) is 6.29 Å². The van der Waals surface area contributed by atoms with E-state index in [9.17, 15) is 4.79 Å². The second-order valence-corrected chi connectivity index (χ2v) is 11.5. The quantitative estimate of drug-likeness (QED) is 0.0769. The number of ether oxygens (including phenoxy) is 3. The number of unbranched alkanes of at least 4 members (excludes halogenated alkanes) is 12. The zero-order valence-electron chi connectivity index (χ0n) is 25.8. The fourth-order valence-electron chi connectivity index (χ4n) is 5.37. The zero-order chi connectivity index (χ0) is 27.5. The highest BCUT2D eigenvalue weighted by atomic mass is 16.7. The van der Waals surface area contributed by atoms with Gasteiger partial charge in [0, 0.05) is 13.2 Å². The van der Waals surface area contributed by atoms with Crippen LogP contribution in [0.15, 0.2) is 0 Å². The van der Waals surface area contributed by atoms with Gasteiger partial charge < -0.3 is 19.1 Å². The Kier molecular flexibility index (Phi) is 24.7. The molecular formula is C33H65NO4. The van der Waals surface area contributed by atoms with Gasteiger partial charge in [0.05, 0.1) is 12.5 Å². The molecule has 0 radical (unpaired) electrons. The van der Waals surface area contributed by atoms with E-state index < -0.39 is 0 Å². The predicted molar refractivity (Wildman–Crippen MR) is 161 cm³/mol. The van der Waals surface area contributed by atoms with E-state index in [0.717, 1.165) is 64.8 Å². The van der Waals surface area contributed by atoms with Crippen LogP contribution in [0, 0.1) is 5.92 Å². The van der Waals surface area contributed by atoms with E-state index in [1.54, 1.807) is 0 Å². The van der Waals surface area contributed by atoms with Crippen LogP contribution in [0.5, 0.6) is 0 Å². The van der Waals surface area contributed by atoms with Crippen LogP contribution in [-0.2, 0) is 19.0 Å². The van der Waals surface area contributed by atoms with E-state index in [-0.39, 0.29) is 18.2 Å². The Bertz CT molecular complexity index is 509. The van der Waals surface area contributed by atoms with Gasteiger partial charge in [0.25, 0.3) is 0 Å². The standard InChI is InChI=1S/C33H65NO4/c1-4-7-9-11-12-16-24-31(23-15-10-8-5-2)33(35)38-30-20-14-13-18-26-34(6-3)27-19-22-29-37-32-25-17-21-28-36-32/h31-32H,4-30H2,1-3H3. The zero-order valence-corrected chi connectivity index (χ0v) is 25.8. The van der Waals surface area contributed by atoms with E-state index in [2.05, 4.69) is 25.7 Å². The van der Waals surface area contributed by atoms with E-state index in [1.807, 2.05) is 0 Å². The topological polar surface area (TPSA) is 48.0 Å². The molecule has 1 aliphatic rings. The van der Waals surface area contributed by atoms with E-state index >= 15 is 0 Å². The third-order valence-corrected chi connectivity index (χ3v) is 8.02. The van der Waals surface area contributed by atoms with E-state index in [1.165, 1.54) is 103 Å². The smallest absolute Gasteiger partial charge is 0.308 e. The molecule has 0 saturated carbocycles. The van der Waals surface area contributed by atoms with E-state index in [0.29, 0.717) is 6.61 Å². The monoisotopic (exact) mass is 539 g/mol. The lowest BCUT2D eigenvalue weighted by atomic mass is 9.94. The summed E-state index contributed by atoms with van der Waals surface area (Å²) in [7, 11) is 0. The molecule has 2 unspecified atom stereocenters. The van der Waals surface area contributed by atoms with Gasteiger partial charge in [-0.2, -0.15) is 0 Å². The van der Waals surface area contributed by atoms with Crippen LogP contribution in [0.3, 0.4) is 0 Å². The Morgan fingerprint density at radius 2 is 1.32 bits per heavy atom. The average Bonchev–Trinajstić information content (AvgIpc) is 2.94. The molecule has 0 spiro atoms. The highest BCUT2D eigenvalue weighted by Gasteiger charge is 2.19. The molecule has 5 heteroatoms. The maximum atomic E-state index is 12.8. The molecule has 1 saturated heterocycles. The average molecular weight is 540 g/mol. The van der Waals surface area contributed by atoms with Crippen molar-refractivity contribution < 1.29 is 19.0 Å². The summed E-state index contributed by atoms with van der Waals surface area (Å²) in [6.07, 6.45) is 25.1. The second kappa shape index (κ2) is 26.6. The summed E-state index contributed by atoms with van der Waals surface area (Å²) in [4.78, 5) is 15.3. The second-order valence-electron chi connectivity index (χ2n) is 11.5. The van der Waals surface area contributed by atoms with Crippen molar-refractivity contribution >= 4 is 5.97 Å². The molecular weight excluding hydrogens is 474 g/mol. The van der Waals surface area contributed by atoms with Crippen LogP contribution in [0.2, 0.25) is 0 Å². The molecule has 0 aromatic heterocycles. The van der Waals surface area contributed by atoms with Gasteiger partial charge in [-0.05, 0) is 77.4 Å². The van der Waals surface area contributed by atoms with Gasteiger partial charge in [-0.1, -0.05) is 97.8 Å². The van der Waals surface area contributed by atoms with Crippen molar-refractivity contribution in [3.63, 3.8) is 0 Å². The summed E-state index contributed by atoms with van der Waals surface area (Å²) in [5.74, 6) is 0.197. The van der Waals surface area contributed by atoms with Gasteiger partial charge in [0.1, 0.15) is 0 Å². The Morgan fingerprint density at radius 3 is 1.97 bits per heavy atom. The first-order valence-corrected chi connectivity index (χ1v) is 16.8. The largest absolute Gasteiger partial charge is 0.465 e. The van der Waals surface area contributed by atoms with Crippen LogP contribution < -0.4 is 0 Å². The van der Waals surface area contributed by atoms with Gasteiger partial charge in [-0.3, -0.25) is 4.79 Å². The Labute approximate surface area is 237 Å². The lowest BCUT2D eigenvalue weighted by molar-refractivity contribution is -0.162. The molecule has 0 aromatic carbocycles. The molecule has 1 aliphatic heterocycles. The van der Waals surface area contributed by atoms with Crippen LogP contribution >= 0.6 is 0 Å². The molecule has 1 fully saturated rings. The highest BCUT2D eigenvalue weighted by molar-refractivity contribution is 5.72. The van der Waals surface area contributed by atoms with Gasteiger partial charge >= 0.3 is 5.97 Å². The minimum absolute atomic E-state index is 0.0438. The Hall–Kier alpha value is -0.650. The molecule has 2 atom stereocenters. The van der Waals surface area contributed by atoms with Crippen molar-refractivity contribution in [1.29, 1.82) is 0 Å². The predicted octanol–water partition coefficient (Wildman–Crippen LogP) is 9.07. The number of carbonyl (C=O) groups excluding carboxylic acids is 1. The van der Waals surface area contributed by atoms with Crippen molar-refractivity contribution in [2.45, 2.75) is 162 Å². The first kappa shape index (κ1) is 35.4. The van der Waals surface area contributed by atoms with Crippen LogP contribution in [0.4, 0.5) is 0 Å². The third kappa shape index (κ3) is 20.3. The molecule has 38 heavy (non-hydrogen) atoms. The van der Waals surface area contributed by atoms with Gasteiger partial charge in [0.2, 0.25) is 0 Å². The van der Waals surface area contributed by atoms with Crippen molar-refractivity contribution in [2.75, 3.05) is 39.5 Å². The lowest BCUT2D eigenvalue weighted by Crippen LogP contribution is -2.26. The molecule has 0 aromatic rings. The fourth-order valence-corrected chi connectivity index (χ4v) is 5.37. The third-order valence-electron chi connectivity index (χ3n) is 8.02.